The first-order chi connectivity index (χ1) is 11.1. The Bertz CT molecular complexity index is 856. The molecule has 1 N–H and O–H groups in total. The highest BCUT2D eigenvalue weighted by molar-refractivity contribution is 7.83. The fraction of sp³-hybridized carbons (Fsp3) is 0.211. The first-order valence-electron chi connectivity index (χ1n) is 7.60. The Morgan fingerprint density at radius 3 is 2.61 bits per heavy atom. The second-order valence-electron chi connectivity index (χ2n) is 5.65. The monoisotopic (exact) mass is 324 g/mol. The van der Waals surface area contributed by atoms with E-state index in [0.717, 1.165) is 27.7 Å². The van der Waals surface area contributed by atoms with Crippen molar-refractivity contribution in [3.63, 3.8) is 0 Å². The number of para-hydroxylation sites is 1. The molecule has 0 radical (unpaired) electrons. The van der Waals surface area contributed by atoms with Crippen molar-refractivity contribution in [1.82, 2.24) is 4.98 Å². The summed E-state index contributed by atoms with van der Waals surface area (Å²) in [5, 5.41) is 4.65. The van der Waals surface area contributed by atoms with Crippen LogP contribution in [0, 0.1) is 6.92 Å². The third-order valence-electron chi connectivity index (χ3n) is 3.99. The molecule has 2 aromatic carbocycles. The summed E-state index contributed by atoms with van der Waals surface area (Å²) in [4.78, 5) is 4.49. The van der Waals surface area contributed by atoms with Crippen molar-refractivity contribution in [2.45, 2.75) is 19.2 Å². The molecule has 0 unspecified atom stereocenters. The minimum atomic E-state index is -0.831. The van der Waals surface area contributed by atoms with Crippen molar-refractivity contribution in [2.75, 3.05) is 11.6 Å². The van der Waals surface area contributed by atoms with E-state index < -0.39 is 10.8 Å². The molecule has 3 nitrogen and oxygen atoms in total. The fourth-order valence-corrected chi connectivity index (χ4v) is 3.50. The number of rotatable bonds is 5. The van der Waals surface area contributed by atoms with Crippen molar-refractivity contribution in [1.29, 1.82) is 0 Å². The van der Waals surface area contributed by atoms with Gasteiger partial charge < -0.3 is 5.32 Å². The van der Waals surface area contributed by atoms with Gasteiger partial charge in [0.15, 0.2) is 0 Å². The second-order valence-corrected chi connectivity index (χ2v) is 7.09. The lowest BCUT2D eigenvalue weighted by atomic mass is 10.1. The van der Waals surface area contributed by atoms with E-state index in [-0.39, 0.29) is 0 Å². The van der Waals surface area contributed by atoms with E-state index in [1.165, 1.54) is 5.56 Å². The first kappa shape index (κ1) is 15.7. The molecule has 0 aliphatic rings. The normalized spacial score (nSPS) is 12.3. The summed E-state index contributed by atoms with van der Waals surface area (Å²) in [6, 6.07) is 16.4. The number of nitrogens with zero attached hydrogens (tertiary/aromatic N) is 1. The van der Waals surface area contributed by atoms with E-state index >= 15 is 0 Å². The van der Waals surface area contributed by atoms with Gasteiger partial charge in [0.2, 0.25) is 0 Å². The van der Waals surface area contributed by atoms with E-state index in [1.807, 2.05) is 24.4 Å². The predicted molar refractivity (Wildman–Crippen MR) is 98.0 cm³/mol. The van der Waals surface area contributed by atoms with Crippen molar-refractivity contribution >= 4 is 27.4 Å². The summed E-state index contributed by atoms with van der Waals surface area (Å²) < 4.78 is 11.5. The van der Waals surface area contributed by atoms with Gasteiger partial charge in [-0.25, -0.2) is 0 Å². The maximum atomic E-state index is 11.5. The van der Waals surface area contributed by atoms with Gasteiger partial charge in [0, 0.05) is 46.6 Å². The van der Waals surface area contributed by atoms with Crippen LogP contribution in [0.15, 0.2) is 54.7 Å². The molecule has 0 fully saturated rings. The number of benzene rings is 2. The molecule has 4 heteroatoms. The zero-order valence-corrected chi connectivity index (χ0v) is 14.2. The molecule has 3 rings (SSSR count). The van der Waals surface area contributed by atoms with Gasteiger partial charge in [-0.3, -0.25) is 9.19 Å². The number of fused-ring (bicyclic) bond motifs is 1. The maximum absolute atomic E-state index is 11.5. The van der Waals surface area contributed by atoms with Gasteiger partial charge in [-0.1, -0.05) is 36.4 Å². The van der Waals surface area contributed by atoms with Crippen LogP contribution in [0.5, 0.6) is 0 Å². The molecule has 1 atom stereocenters. The largest absolute Gasteiger partial charge is 0.381 e. The maximum Gasteiger partial charge on any atom is 0.0751 e. The summed E-state index contributed by atoms with van der Waals surface area (Å²) in [6.07, 6.45) is 3.57. The highest BCUT2D eigenvalue weighted by Crippen LogP contribution is 2.22. The number of nitrogens with one attached hydrogen (secondary N) is 1. The van der Waals surface area contributed by atoms with Gasteiger partial charge >= 0.3 is 0 Å². The van der Waals surface area contributed by atoms with Crippen molar-refractivity contribution in [3.8, 4) is 0 Å². The number of pyridine rings is 1. The molecule has 1 aromatic heterocycles. The Kier molecular flexibility index (Phi) is 4.72. The summed E-state index contributed by atoms with van der Waals surface area (Å²) in [6.45, 7) is 2.79. The minimum Gasteiger partial charge on any atom is -0.381 e. The predicted octanol–water partition coefficient (Wildman–Crippen LogP) is 4.03. The average molecular weight is 324 g/mol. The van der Waals surface area contributed by atoms with Gasteiger partial charge in [-0.2, -0.15) is 0 Å². The number of hydrogen-bond acceptors (Lipinski definition) is 3. The molecule has 0 saturated heterocycles. The first-order valence-corrected chi connectivity index (χ1v) is 9.33. The van der Waals surface area contributed by atoms with Crippen molar-refractivity contribution in [2.24, 2.45) is 0 Å². The standard InChI is InChI=1S/C19H20N2OS/c1-14-17(13-23(2)22)8-4-10-18(14)21-12-16-7-3-6-15-9-5-11-20-19(15)16/h3-11,21H,12-13H2,1-2H3/t23-/m1/s1. The Hall–Kier alpha value is -2.20. The average Bonchev–Trinajstić information content (AvgIpc) is 2.55. The summed E-state index contributed by atoms with van der Waals surface area (Å²) in [7, 11) is -0.831. The van der Waals surface area contributed by atoms with Crippen LogP contribution in [0.4, 0.5) is 5.69 Å². The topological polar surface area (TPSA) is 42.0 Å². The lowest BCUT2D eigenvalue weighted by Gasteiger charge is -2.13. The Balaban J connectivity index is 1.84. The van der Waals surface area contributed by atoms with Crippen LogP contribution in [0.1, 0.15) is 16.7 Å². The molecular formula is C19H20N2OS. The van der Waals surface area contributed by atoms with Crippen LogP contribution < -0.4 is 5.32 Å². The lowest BCUT2D eigenvalue weighted by molar-refractivity contribution is 0.686. The zero-order chi connectivity index (χ0) is 16.2. The molecule has 0 aliphatic carbocycles. The summed E-state index contributed by atoms with van der Waals surface area (Å²) in [5.74, 6) is 0.594. The van der Waals surface area contributed by atoms with E-state index in [1.54, 1.807) is 6.26 Å². The van der Waals surface area contributed by atoms with E-state index in [9.17, 15) is 4.21 Å². The number of hydrogen-bond donors (Lipinski definition) is 1. The van der Waals surface area contributed by atoms with Gasteiger partial charge in [0.1, 0.15) is 0 Å². The molecule has 23 heavy (non-hydrogen) atoms. The quantitative estimate of drug-likeness (QED) is 0.770. The molecule has 0 bridgehead atoms. The molecule has 0 aliphatic heterocycles. The van der Waals surface area contributed by atoms with Crippen LogP contribution >= 0.6 is 0 Å². The zero-order valence-electron chi connectivity index (χ0n) is 13.4. The van der Waals surface area contributed by atoms with Gasteiger partial charge in [-0.05, 0) is 35.7 Å². The van der Waals surface area contributed by atoms with Crippen LogP contribution in [0.2, 0.25) is 0 Å². The molecule has 3 aromatic rings. The highest BCUT2D eigenvalue weighted by atomic mass is 32.2. The van der Waals surface area contributed by atoms with E-state index in [0.29, 0.717) is 12.3 Å². The third-order valence-corrected chi connectivity index (χ3v) is 4.71. The van der Waals surface area contributed by atoms with Crippen molar-refractivity contribution < 1.29 is 4.21 Å². The van der Waals surface area contributed by atoms with Crippen LogP contribution in [0.3, 0.4) is 0 Å². The number of aromatic nitrogens is 1. The molecular weight excluding hydrogens is 304 g/mol. The minimum absolute atomic E-state index is 0.594. The van der Waals surface area contributed by atoms with Crippen LogP contribution in [0.25, 0.3) is 10.9 Å². The Morgan fingerprint density at radius 1 is 1.04 bits per heavy atom. The SMILES string of the molecule is Cc1c(C[S@@](C)=O)cccc1NCc1cccc2cccnc12. The smallest absolute Gasteiger partial charge is 0.0751 e. The number of anilines is 1. The van der Waals surface area contributed by atoms with E-state index in [2.05, 4.69) is 47.6 Å². The van der Waals surface area contributed by atoms with Crippen LogP contribution in [-0.2, 0) is 23.1 Å². The second kappa shape index (κ2) is 6.92. The van der Waals surface area contributed by atoms with Crippen molar-refractivity contribution in [3.05, 3.63) is 71.4 Å². The summed E-state index contributed by atoms with van der Waals surface area (Å²) >= 11 is 0. The molecule has 0 spiro atoms. The van der Waals surface area contributed by atoms with Gasteiger partial charge in [0.05, 0.1) is 5.52 Å². The van der Waals surface area contributed by atoms with Gasteiger partial charge in [0.25, 0.3) is 0 Å². The molecule has 0 amide bonds. The van der Waals surface area contributed by atoms with Crippen LogP contribution in [-0.4, -0.2) is 15.4 Å². The Labute approximate surface area is 139 Å². The van der Waals surface area contributed by atoms with Gasteiger partial charge in [-0.15, -0.1) is 0 Å². The molecule has 1 heterocycles. The lowest BCUT2D eigenvalue weighted by Crippen LogP contribution is -2.04. The Morgan fingerprint density at radius 2 is 1.78 bits per heavy atom. The van der Waals surface area contributed by atoms with E-state index in [4.69, 9.17) is 0 Å². The molecule has 0 saturated carbocycles. The fourth-order valence-electron chi connectivity index (χ4n) is 2.75. The molecule has 118 valence electrons. The summed E-state index contributed by atoms with van der Waals surface area (Å²) in [5.41, 5.74) is 5.58. The highest BCUT2D eigenvalue weighted by Gasteiger charge is 2.07. The third kappa shape index (κ3) is 3.59.